The second-order valence-corrected chi connectivity index (χ2v) is 5.74. The van der Waals surface area contributed by atoms with Crippen molar-refractivity contribution < 1.29 is 4.39 Å². The van der Waals surface area contributed by atoms with Crippen LogP contribution in [0.1, 0.15) is 10.6 Å². The number of benzene rings is 2. The SMILES string of the molecule is Fc1ccc(CNCCc2nc3ccccc3s2)cc1. The third-order valence-corrected chi connectivity index (χ3v) is 4.19. The summed E-state index contributed by atoms with van der Waals surface area (Å²) >= 11 is 1.74. The Labute approximate surface area is 121 Å². The van der Waals surface area contributed by atoms with Crippen molar-refractivity contribution in [3.63, 3.8) is 0 Å². The van der Waals surface area contributed by atoms with E-state index in [4.69, 9.17) is 0 Å². The minimum absolute atomic E-state index is 0.191. The van der Waals surface area contributed by atoms with Crippen molar-refractivity contribution in [1.29, 1.82) is 0 Å². The Kier molecular flexibility index (Phi) is 4.04. The van der Waals surface area contributed by atoms with Gasteiger partial charge in [0.05, 0.1) is 15.2 Å². The van der Waals surface area contributed by atoms with Crippen LogP contribution < -0.4 is 5.32 Å². The molecule has 0 spiro atoms. The van der Waals surface area contributed by atoms with Crippen LogP contribution in [-0.4, -0.2) is 11.5 Å². The fourth-order valence-electron chi connectivity index (χ4n) is 2.06. The molecular weight excluding hydrogens is 271 g/mol. The van der Waals surface area contributed by atoms with Gasteiger partial charge in [-0.25, -0.2) is 9.37 Å². The van der Waals surface area contributed by atoms with Gasteiger partial charge in [0, 0.05) is 19.5 Å². The molecular formula is C16H15FN2S. The van der Waals surface area contributed by atoms with E-state index in [0.29, 0.717) is 0 Å². The Morgan fingerprint density at radius 2 is 1.85 bits per heavy atom. The molecule has 20 heavy (non-hydrogen) atoms. The van der Waals surface area contributed by atoms with Crippen molar-refractivity contribution in [3.8, 4) is 0 Å². The van der Waals surface area contributed by atoms with E-state index in [1.165, 1.54) is 16.8 Å². The number of rotatable bonds is 5. The summed E-state index contributed by atoms with van der Waals surface area (Å²) in [5.74, 6) is -0.191. The van der Waals surface area contributed by atoms with Gasteiger partial charge >= 0.3 is 0 Å². The monoisotopic (exact) mass is 286 g/mol. The summed E-state index contributed by atoms with van der Waals surface area (Å²) in [6.45, 7) is 1.63. The molecule has 0 atom stereocenters. The lowest BCUT2D eigenvalue weighted by Gasteiger charge is -2.03. The molecule has 4 heteroatoms. The molecule has 0 radical (unpaired) electrons. The summed E-state index contributed by atoms with van der Waals surface area (Å²) in [5, 5.41) is 4.51. The van der Waals surface area contributed by atoms with Crippen LogP contribution in [-0.2, 0) is 13.0 Å². The van der Waals surface area contributed by atoms with Crippen LogP contribution in [0.2, 0.25) is 0 Å². The zero-order valence-electron chi connectivity index (χ0n) is 11.0. The van der Waals surface area contributed by atoms with Gasteiger partial charge in [0.15, 0.2) is 0 Å². The molecule has 3 rings (SSSR count). The second-order valence-electron chi connectivity index (χ2n) is 4.63. The standard InChI is InChI=1S/C16H15FN2S/c17-13-7-5-12(6-8-13)11-18-10-9-16-19-14-3-1-2-4-15(14)20-16/h1-8,18H,9-11H2. The molecule has 1 aromatic heterocycles. The molecule has 0 saturated carbocycles. The average molecular weight is 286 g/mol. The predicted molar refractivity (Wildman–Crippen MR) is 81.4 cm³/mol. The van der Waals surface area contributed by atoms with Crippen molar-refractivity contribution in [2.45, 2.75) is 13.0 Å². The van der Waals surface area contributed by atoms with Crippen molar-refractivity contribution in [1.82, 2.24) is 10.3 Å². The molecule has 1 N–H and O–H groups in total. The summed E-state index contributed by atoms with van der Waals surface area (Å²) in [6.07, 6.45) is 0.917. The maximum absolute atomic E-state index is 12.8. The summed E-state index contributed by atoms with van der Waals surface area (Å²) in [6, 6.07) is 14.8. The number of thiazole rings is 1. The van der Waals surface area contributed by atoms with Gasteiger partial charge in [0.25, 0.3) is 0 Å². The molecule has 0 saturated heterocycles. The Bertz CT molecular complexity index is 658. The molecule has 2 aromatic carbocycles. The molecule has 2 nitrogen and oxygen atoms in total. The molecule has 0 aliphatic carbocycles. The Morgan fingerprint density at radius 3 is 2.65 bits per heavy atom. The second kappa shape index (κ2) is 6.11. The maximum atomic E-state index is 12.8. The van der Waals surface area contributed by atoms with Crippen molar-refractivity contribution in [2.75, 3.05) is 6.54 Å². The van der Waals surface area contributed by atoms with E-state index in [1.807, 2.05) is 18.2 Å². The Balaban J connectivity index is 1.51. The number of fused-ring (bicyclic) bond motifs is 1. The molecule has 1 heterocycles. The van der Waals surface area contributed by atoms with Crippen LogP contribution in [0.15, 0.2) is 48.5 Å². The van der Waals surface area contributed by atoms with Gasteiger partial charge in [0.2, 0.25) is 0 Å². The van der Waals surface area contributed by atoms with Crippen LogP contribution in [0, 0.1) is 5.82 Å². The normalized spacial score (nSPS) is 11.1. The lowest BCUT2D eigenvalue weighted by atomic mass is 10.2. The lowest BCUT2D eigenvalue weighted by Crippen LogP contribution is -2.16. The topological polar surface area (TPSA) is 24.9 Å². The lowest BCUT2D eigenvalue weighted by molar-refractivity contribution is 0.625. The first-order valence-corrected chi connectivity index (χ1v) is 7.42. The first kappa shape index (κ1) is 13.2. The van der Waals surface area contributed by atoms with E-state index in [9.17, 15) is 4.39 Å². The third kappa shape index (κ3) is 3.21. The highest BCUT2D eigenvalue weighted by Gasteiger charge is 2.02. The quantitative estimate of drug-likeness (QED) is 0.722. The van der Waals surface area contributed by atoms with Gasteiger partial charge in [-0.3, -0.25) is 0 Å². The molecule has 3 aromatic rings. The number of nitrogens with one attached hydrogen (secondary N) is 1. The molecule has 0 amide bonds. The summed E-state index contributed by atoms with van der Waals surface area (Å²) < 4.78 is 14.0. The average Bonchev–Trinajstić information content (AvgIpc) is 2.88. The zero-order valence-corrected chi connectivity index (χ0v) is 11.8. The zero-order chi connectivity index (χ0) is 13.8. The molecule has 0 aliphatic heterocycles. The van der Waals surface area contributed by atoms with Crippen molar-refractivity contribution in [3.05, 3.63) is 64.9 Å². The minimum atomic E-state index is -0.191. The Hall–Kier alpha value is -1.78. The van der Waals surface area contributed by atoms with E-state index in [1.54, 1.807) is 23.5 Å². The smallest absolute Gasteiger partial charge is 0.123 e. The number of para-hydroxylation sites is 1. The van der Waals surface area contributed by atoms with E-state index >= 15 is 0 Å². The number of hydrogen-bond acceptors (Lipinski definition) is 3. The van der Waals surface area contributed by atoms with Gasteiger partial charge in [-0.05, 0) is 29.8 Å². The number of halogens is 1. The molecule has 0 fully saturated rings. The van der Waals surface area contributed by atoms with Crippen molar-refractivity contribution >= 4 is 21.6 Å². The Morgan fingerprint density at radius 1 is 1.05 bits per heavy atom. The fraction of sp³-hybridized carbons (Fsp3) is 0.188. The van der Waals surface area contributed by atoms with E-state index in [-0.39, 0.29) is 5.82 Å². The highest BCUT2D eigenvalue weighted by atomic mass is 32.1. The minimum Gasteiger partial charge on any atom is -0.312 e. The summed E-state index contributed by atoms with van der Waals surface area (Å²) in [4.78, 5) is 4.60. The van der Waals surface area contributed by atoms with Gasteiger partial charge in [-0.1, -0.05) is 24.3 Å². The van der Waals surface area contributed by atoms with E-state index in [0.717, 1.165) is 35.6 Å². The fourth-order valence-corrected chi connectivity index (χ4v) is 3.02. The maximum Gasteiger partial charge on any atom is 0.123 e. The summed E-state index contributed by atoms with van der Waals surface area (Å²) in [5.41, 5.74) is 2.17. The number of nitrogens with zero attached hydrogens (tertiary/aromatic N) is 1. The molecule has 102 valence electrons. The van der Waals surface area contributed by atoms with Crippen LogP contribution in [0.5, 0.6) is 0 Å². The number of aromatic nitrogens is 1. The van der Waals surface area contributed by atoms with Gasteiger partial charge < -0.3 is 5.32 Å². The van der Waals surface area contributed by atoms with Gasteiger partial charge in [0.1, 0.15) is 5.82 Å². The van der Waals surface area contributed by atoms with Gasteiger partial charge in [-0.15, -0.1) is 11.3 Å². The van der Waals surface area contributed by atoms with Gasteiger partial charge in [-0.2, -0.15) is 0 Å². The van der Waals surface area contributed by atoms with E-state index < -0.39 is 0 Å². The highest BCUT2D eigenvalue weighted by molar-refractivity contribution is 7.18. The van der Waals surface area contributed by atoms with Crippen molar-refractivity contribution in [2.24, 2.45) is 0 Å². The number of hydrogen-bond donors (Lipinski definition) is 1. The highest BCUT2D eigenvalue weighted by Crippen LogP contribution is 2.21. The van der Waals surface area contributed by atoms with E-state index in [2.05, 4.69) is 16.4 Å². The summed E-state index contributed by atoms with van der Waals surface area (Å²) in [7, 11) is 0. The molecule has 0 bridgehead atoms. The van der Waals surface area contributed by atoms with Crippen LogP contribution >= 0.6 is 11.3 Å². The molecule has 0 aliphatic rings. The molecule has 0 unspecified atom stereocenters. The predicted octanol–water partition coefficient (Wildman–Crippen LogP) is 3.77. The third-order valence-electron chi connectivity index (χ3n) is 3.10. The first-order chi connectivity index (χ1) is 9.81. The van der Waals surface area contributed by atoms with Crippen LogP contribution in [0.3, 0.4) is 0 Å². The largest absolute Gasteiger partial charge is 0.312 e. The van der Waals surface area contributed by atoms with Crippen LogP contribution in [0.4, 0.5) is 4.39 Å². The first-order valence-electron chi connectivity index (χ1n) is 6.61. The van der Waals surface area contributed by atoms with Crippen LogP contribution in [0.25, 0.3) is 10.2 Å².